The Morgan fingerprint density at radius 3 is 2.94 bits per heavy atom. The first kappa shape index (κ1) is 12.3. The van der Waals surface area contributed by atoms with Crippen molar-refractivity contribution in [3.05, 3.63) is 17.8 Å². The van der Waals surface area contributed by atoms with Gasteiger partial charge in [0.1, 0.15) is 12.0 Å². The van der Waals surface area contributed by atoms with Gasteiger partial charge in [-0.05, 0) is 32.7 Å². The molecule has 0 aliphatic carbocycles. The number of carbonyl (C=O) groups is 1. The van der Waals surface area contributed by atoms with Crippen molar-refractivity contribution in [2.45, 2.75) is 39.7 Å². The number of rotatable bonds is 4. The molecule has 0 bridgehead atoms. The van der Waals surface area contributed by atoms with E-state index in [1.807, 2.05) is 0 Å². The van der Waals surface area contributed by atoms with Crippen molar-refractivity contribution in [3.63, 3.8) is 0 Å². The highest BCUT2D eigenvalue weighted by Gasteiger charge is 2.25. The van der Waals surface area contributed by atoms with Crippen molar-refractivity contribution in [2.75, 3.05) is 13.1 Å². The maximum Gasteiger partial charge on any atom is 0.194 e. The Morgan fingerprint density at radius 1 is 1.65 bits per heavy atom. The lowest BCUT2D eigenvalue weighted by atomic mass is 10.1. The maximum absolute atomic E-state index is 11.1. The smallest absolute Gasteiger partial charge is 0.194 e. The highest BCUT2D eigenvalue weighted by molar-refractivity contribution is 5.91. The van der Waals surface area contributed by atoms with Crippen LogP contribution in [0.25, 0.3) is 0 Å². The van der Waals surface area contributed by atoms with Crippen molar-refractivity contribution in [2.24, 2.45) is 5.92 Å². The summed E-state index contributed by atoms with van der Waals surface area (Å²) in [5.41, 5.74) is 0.443. The minimum absolute atomic E-state index is 0.0322. The summed E-state index contributed by atoms with van der Waals surface area (Å²) in [5, 5.41) is 0. The summed E-state index contributed by atoms with van der Waals surface area (Å²) in [6.45, 7) is 8.22. The predicted octanol–water partition coefficient (Wildman–Crippen LogP) is 2.15. The van der Waals surface area contributed by atoms with Gasteiger partial charge in [-0.3, -0.25) is 4.79 Å². The average molecular weight is 236 g/mol. The summed E-state index contributed by atoms with van der Waals surface area (Å²) in [5.74, 6) is 1.27. The van der Waals surface area contributed by atoms with E-state index in [2.05, 4.69) is 23.7 Å². The summed E-state index contributed by atoms with van der Waals surface area (Å²) >= 11 is 0. The molecule has 0 radical (unpaired) electrons. The Bertz CT molecular complexity index is 398. The van der Waals surface area contributed by atoms with E-state index in [0.717, 1.165) is 19.5 Å². The third-order valence-electron chi connectivity index (χ3n) is 3.42. The Labute approximate surface area is 102 Å². The normalized spacial score (nSPS) is 21.3. The topological polar surface area (TPSA) is 46.3 Å². The van der Waals surface area contributed by atoms with E-state index in [1.54, 1.807) is 0 Å². The van der Waals surface area contributed by atoms with Crippen LogP contribution in [0.3, 0.4) is 0 Å². The summed E-state index contributed by atoms with van der Waals surface area (Å²) in [6.07, 6.45) is 3.50. The Kier molecular flexibility index (Phi) is 3.62. The fourth-order valence-corrected chi connectivity index (χ4v) is 2.31. The highest BCUT2D eigenvalue weighted by Crippen LogP contribution is 2.22. The molecule has 0 amide bonds. The van der Waals surface area contributed by atoms with E-state index in [9.17, 15) is 4.79 Å². The van der Waals surface area contributed by atoms with Crippen molar-refractivity contribution in [1.82, 2.24) is 9.88 Å². The van der Waals surface area contributed by atoms with Crippen LogP contribution in [-0.2, 0) is 6.42 Å². The Balaban J connectivity index is 1.91. The zero-order chi connectivity index (χ0) is 12.4. The molecular formula is C13H20N2O2. The number of nitrogens with zero attached hydrogens (tertiary/aromatic N) is 2. The molecule has 17 heavy (non-hydrogen) atoms. The van der Waals surface area contributed by atoms with Gasteiger partial charge < -0.3 is 9.32 Å². The van der Waals surface area contributed by atoms with Gasteiger partial charge in [-0.25, -0.2) is 4.98 Å². The fraction of sp³-hybridized carbons (Fsp3) is 0.692. The van der Waals surface area contributed by atoms with E-state index in [1.165, 1.54) is 19.6 Å². The van der Waals surface area contributed by atoms with Crippen molar-refractivity contribution >= 4 is 5.78 Å². The van der Waals surface area contributed by atoms with Crippen molar-refractivity contribution < 1.29 is 9.21 Å². The van der Waals surface area contributed by atoms with Crippen LogP contribution in [0, 0.1) is 5.92 Å². The number of hydrogen-bond donors (Lipinski definition) is 0. The summed E-state index contributed by atoms with van der Waals surface area (Å²) < 4.78 is 5.33. The van der Waals surface area contributed by atoms with Gasteiger partial charge in [-0.15, -0.1) is 0 Å². The molecule has 4 nitrogen and oxygen atoms in total. The third kappa shape index (κ3) is 2.94. The Morgan fingerprint density at radius 2 is 2.41 bits per heavy atom. The molecule has 2 rings (SSSR count). The molecule has 1 saturated heterocycles. The lowest BCUT2D eigenvalue weighted by molar-refractivity contribution is 0.101. The van der Waals surface area contributed by atoms with Crippen molar-refractivity contribution in [3.8, 4) is 0 Å². The molecule has 1 atom stereocenters. The second-order valence-electron chi connectivity index (χ2n) is 5.13. The summed E-state index contributed by atoms with van der Waals surface area (Å²) in [7, 11) is 0. The summed E-state index contributed by atoms with van der Waals surface area (Å²) in [4.78, 5) is 17.8. The number of likely N-dealkylation sites (tertiary alicyclic amines) is 1. The highest BCUT2D eigenvalue weighted by atomic mass is 16.3. The van der Waals surface area contributed by atoms with Gasteiger partial charge in [0.15, 0.2) is 11.7 Å². The molecule has 1 aromatic heterocycles. The molecule has 0 N–H and O–H groups in total. The third-order valence-corrected chi connectivity index (χ3v) is 3.42. The monoisotopic (exact) mass is 236 g/mol. The largest absolute Gasteiger partial charge is 0.448 e. The quantitative estimate of drug-likeness (QED) is 0.751. The lowest BCUT2D eigenvalue weighted by Gasteiger charge is -2.19. The SMILES string of the molecule is CC(=O)c1coc(CC2CCN(C(C)C)C2)n1. The van der Waals surface area contributed by atoms with E-state index in [-0.39, 0.29) is 5.78 Å². The van der Waals surface area contributed by atoms with Crippen LogP contribution in [0.4, 0.5) is 0 Å². The van der Waals surface area contributed by atoms with Gasteiger partial charge in [-0.2, -0.15) is 0 Å². The molecule has 94 valence electrons. The maximum atomic E-state index is 11.1. The van der Waals surface area contributed by atoms with Crippen molar-refractivity contribution in [1.29, 1.82) is 0 Å². The van der Waals surface area contributed by atoms with Crippen LogP contribution < -0.4 is 0 Å². The first-order valence-electron chi connectivity index (χ1n) is 6.25. The van der Waals surface area contributed by atoms with Gasteiger partial charge in [0.2, 0.25) is 0 Å². The molecule has 1 aliphatic rings. The van der Waals surface area contributed by atoms with Crippen LogP contribution >= 0.6 is 0 Å². The van der Waals surface area contributed by atoms with Crippen LogP contribution in [-0.4, -0.2) is 34.8 Å². The van der Waals surface area contributed by atoms with E-state index >= 15 is 0 Å². The molecule has 0 saturated carbocycles. The van der Waals surface area contributed by atoms with E-state index in [4.69, 9.17) is 4.42 Å². The number of ketones is 1. The number of hydrogen-bond acceptors (Lipinski definition) is 4. The minimum atomic E-state index is -0.0322. The van der Waals surface area contributed by atoms with E-state index < -0.39 is 0 Å². The molecule has 0 aromatic carbocycles. The van der Waals surface area contributed by atoms with Crippen LogP contribution in [0.2, 0.25) is 0 Å². The first-order valence-corrected chi connectivity index (χ1v) is 6.25. The minimum Gasteiger partial charge on any atom is -0.448 e. The number of oxazole rings is 1. The molecule has 1 unspecified atom stereocenters. The number of carbonyl (C=O) groups excluding carboxylic acids is 1. The second-order valence-corrected chi connectivity index (χ2v) is 5.13. The average Bonchev–Trinajstić information content (AvgIpc) is 2.87. The molecular weight excluding hydrogens is 216 g/mol. The van der Waals surface area contributed by atoms with Gasteiger partial charge in [-0.1, -0.05) is 0 Å². The zero-order valence-electron chi connectivity index (χ0n) is 10.8. The molecule has 0 spiro atoms. The molecule has 1 fully saturated rings. The van der Waals surface area contributed by atoms with Gasteiger partial charge in [0.05, 0.1) is 0 Å². The molecule has 2 heterocycles. The first-order chi connectivity index (χ1) is 8.06. The fourth-order valence-electron chi connectivity index (χ4n) is 2.31. The van der Waals surface area contributed by atoms with Gasteiger partial charge >= 0.3 is 0 Å². The van der Waals surface area contributed by atoms with Crippen LogP contribution in [0.1, 0.15) is 43.6 Å². The summed E-state index contributed by atoms with van der Waals surface area (Å²) in [6, 6.07) is 0.609. The second kappa shape index (κ2) is 5.00. The van der Waals surface area contributed by atoms with Gasteiger partial charge in [0, 0.05) is 25.9 Å². The van der Waals surface area contributed by atoms with Gasteiger partial charge in [0.25, 0.3) is 0 Å². The Hall–Kier alpha value is -1.16. The molecule has 1 aromatic rings. The van der Waals surface area contributed by atoms with Crippen LogP contribution in [0.5, 0.6) is 0 Å². The van der Waals surface area contributed by atoms with E-state index in [0.29, 0.717) is 23.5 Å². The van der Waals surface area contributed by atoms with Crippen LogP contribution in [0.15, 0.2) is 10.7 Å². The zero-order valence-corrected chi connectivity index (χ0v) is 10.8. The lowest BCUT2D eigenvalue weighted by Crippen LogP contribution is -2.28. The standard InChI is InChI=1S/C13H20N2O2/c1-9(2)15-5-4-11(7-15)6-13-14-12(8-17-13)10(3)16/h8-9,11H,4-7H2,1-3H3. The number of aromatic nitrogens is 1. The molecule has 1 aliphatic heterocycles. The predicted molar refractivity (Wildman–Crippen MR) is 65.0 cm³/mol. The molecule has 4 heteroatoms. The number of Topliss-reactive ketones (excluding diaryl/α,β-unsaturated/α-hetero) is 1.